The molecule has 0 aliphatic heterocycles. The van der Waals surface area contributed by atoms with E-state index in [4.69, 9.17) is 4.55 Å². The van der Waals surface area contributed by atoms with Crippen molar-refractivity contribution in [2.24, 2.45) is 0 Å². The van der Waals surface area contributed by atoms with Gasteiger partial charge in [-0.1, -0.05) is 0 Å². The first-order valence-electron chi connectivity index (χ1n) is 6.00. The number of hydrogen-bond acceptors (Lipinski definition) is 4. The number of ether oxygens (including phenoxy) is 2. The molecule has 0 rings (SSSR count). The van der Waals surface area contributed by atoms with Crippen molar-refractivity contribution in [2.45, 2.75) is 29.5 Å². The SMILES string of the molecule is FC(F)=C(F)F.O=S(=O)(O)C(F)(F)C(F)(F)OC(F)(C(F)(F)F)C(F)(F)OC(F)=C(F)F. The average Bonchev–Trinajstić information content (AvgIpc) is 2.51. The van der Waals surface area contributed by atoms with Gasteiger partial charge < -0.3 is 4.74 Å². The third-order valence-electron chi connectivity index (χ3n) is 2.18. The molecule has 0 bridgehead atoms. The summed E-state index contributed by atoms with van der Waals surface area (Å²) in [5.41, 5.74) is 0. The van der Waals surface area contributed by atoms with Crippen LogP contribution in [-0.4, -0.2) is 42.5 Å². The Kier molecular flexibility index (Phi) is 9.89. The maximum absolute atomic E-state index is 13.4. The molecule has 0 saturated heterocycles. The highest BCUT2D eigenvalue weighted by molar-refractivity contribution is 7.86. The van der Waals surface area contributed by atoms with Gasteiger partial charge in [0.05, 0.1) is 0 Å². The Balaban J connectivity index is 0. The average molecular weight is 544 g/mol. The van der Waals surface area contributed by atoms with E-state index in [2.05, 4.69) is 0 Å². The van der Waals surface area contributed by atoms with Crippen LogP contribution in [-0.2, 0) is 19.6 Å². The fraction of sp³-hybridized carbons (Fsp3) is 0.556. The van der Waals surface area contributed by atoms with E-state index in [9.17, 15) is 83.1 Å². The van der Waals surface area contributed by atoms with Crippen molar-refractivity contribution in [3.05, 3.63) is 24.3 Å². The minimum absolute atomic E-state index is 1.50. The summed E-state index contributed by atoms with van der Waals surface area (Å²) in [4.78, 5) is 0. The molecule has 0 aromatic heterocycles. The van der Waals surface area contributed by atoms with Crippen molar-refractivity contribution in [3.8, 4) is 0 Å². The van der Waals surface area contributed by atoms with Crippen LogP contribution < -0.4 is 0 Å². The molecule has 0 radical (unpaired) electrons. The molecular formula is C9HF17O5S. The minimum atomic E-state index is -7.53. The van der Waals surface area contributed by atoms with Crippen LogP contribution in [0.5, 0.6) is 0 Å². The van der Waals surface area contributed by atoms with Gasteiger partial charge in [-0.05, 0) is 0 Å². The lowest BCUT2D eigenvalue weighted by atomic mass is 10.2. The molecule has 0 aromatic rings. The van der Waals surface area contributed by atoms with Gasteiger partial charge in [0.2, 0.25) is 0 Å². The zero-order chi connectivity index (χ0) is 26.7. The molecule has 0 aromatic carbocycles. The zero-order valence-electron chi connectivity index (χ0n) is 13.4. The van der Waals surface area contributed by atoms with E-state index in [-0.39, 0.29) is 0 Å². The Bertz CT molecular complexity index is 808. The fourth-order valence-electron chi connectivity index (χ4n) is 0.885. The van der Waals surface area contributed by atoms with E-state index in [0.717, 1.165) is 0 Å². The lowest BCUT2D eigenvalue weighted by Crippen LogP contribution is -2.64. The number of halogens is 17. The highest BCUT2D eigenvalue weighted by atomic mass is 32.2. The van der Waals surface area contributed by atoms with Crippen LogP contribution in [0.15, 0.2) is 24.3 Å². The van der Waals surface area contributed by atoms with Crippen molar-refractivity contribution in [1.82, 2.24) is 0 Å². The Morgan fingerprint density at radius 2 is 0.969 bits per heavy atom. The summed E-state index contributed by atoms with van der Waals surface area (Å²) in [5, 5.41) is -7.15. The summed E-state index contributed by atoms with van der Waals surface area (Å²) >= 11 is 0. The first-order valence-corrected chi connectivity index (χ1v) is 7.44. The molecule has 0 amide bonds. The minimum Gasteiger partial charge on any atom is -0.398 e. The summed E-state index contributed by atoms with van der Waals surface area (Å²) in [6.45, 7) is 0. The summed E-state index contributed by atoms with van der Waals surface area (Å²) < 4.78 is 235. The Morgan fingerprint density at radius 3 is 1.19 bits per heavy atom. The van der Waals surface area contributed by atoms with Crippen molar-refractivity contribution in [3.63, 3.8) is 0 Å². The van der Waals surface area contributed by atoms with Gasteiger partial charge in [0.1, 0.15) is 0 Å². The normalized spacial score (nSPS) is 15.2. The third-order valence-corrected chi connectivity index (χ3v) is 3.07. The van der Waals surface area contributed by atoms with E-state index in [1.54, 1.807) is 0 Å². The molecule has 192 valence electrons. The lowest BCUT2D eigenvalue weighted by molar-refractivity contribution is -0.510. The van der Waals surface area contributed by atoms with Gasteiger partial charge in [-0.25, -0.2) is 0 Å². The molecule has 0 spiro atoms. The molecule has 1 N–H and O–H groups in total. The molecule has 1 atom stereocenters. The van der Waals surface area contributed by atoms with Crippen LogP contribution in [0.25, 0.3) is 0 Å². The van der Waals surface area contributed by atoms with Gasteiger partial charge in [0.15, 0.2) is 0 Å². The lowest BCUT2D eigenvalue weighted by Gasteiger charge is -2.36. The van der Waals surface area contributed by atoms with Gasteiger partial charge in [0, 0.05) is 0 Å². The number of rotatable bonds is 7. The zero-order valence-corrected chi connectivity index (χ0v) is 14.2. The summed E-state index contributed by atoms with van der Waals surface area (Å²) in [7, 11) is -7.39. The Labute approximate surface area is 162 Å². The fourth-order valence-corrected chi connectivity index (χ4v) is 1.23. The highest BCUT2D eigenvalue weighted by Gasteiger charge is 2.82. The van der Waals surface area contributed by atoms with E-state index in [1.807, 2.05) is 4.74 Å². The molecule has 1 unspecified atom stereocenters. The van der Waals surface area contributed by atoms with Gasteiger partial charge in [-0.15, -0.1) is 0 Å². The van der Waals surface area contributed by atoms with Crippen molar-refractivity contribution in [2.75, 3.05) is 0 Å². The van der Waals surface area contributed by atoms with Crippen molar-refractivity contribution < 1.29 is 97.1 Å². The van der Waals surface area contributed by atoms with Crippen LogP contribution in [0.4, 0.5) is 74.6 Å². The number of hydrogen-bond donors (Lipinski definition) is 1. The highest BCUT2D eigenvalue weighted by Crippen LogP contribution is 2.53. The van der Waals surface area contributed by atoms with Crippen LogP contribution in [0.2, 0.25) is 0 Å². The topological polar surface area (TPSA) is 72.8 Å². The summed E-state index contributed by atoms with van der Waals surface area (Å²) in [6.07, 6.45) is -31.9. The third kappa shape index (κ3) is 7.25. The monoisotopic (exact) mass is 544 g/mol. The Morgan fingerprint density at radius 1 is 0.625 bits per heavy atom. The molecule has 0 aliphatic rings. The second-order valence-electron chi connectivity index (χ2n) is 4.38. The molecule has 23 heteroatoms. The first kappa shape index (κ1) is 32.1. The van der Waals surface area contributed by atoms with E-state index < -0.39 is 63.9 Å². The van der Waals surface area contributed by atoms with Crippen LogP contribution in [0.3, 0.4) is 0 Å². The van der Waals surface area contributed by atoms with E-state index in [0.29, 0.717) is 0 Å². The maximum Gasteiger partial charge on any atom is 0.471 e. The van der Waals surface area contributed by atoms with Gasteiger partial charge in [0.25, 0.3) is 0 Å². The molecule has 0 heterocycles. The maximum atomic E-state index is 13.4. The van der Waals surface area contributed by atoms with Gasteiger partial charge in [-0.2, -0.15) is 83.1 Å². The molecule has 0 fully saturated rings. The second-order valence-corrected chi connectivity index (χ2v) is 5.84. The van der Waals surface area contributed by atoms with Crippen LogP contribution >= 0.6 is 0 Å². The Hall–Kier alpha value is -2.04. The van der Waals surface area contributed by atoms with Gasteiger partial charge in [-0.3, -0.25) is 9.29 Å². The number of alkyl halides is 10. The second kappa shape index (κ2) is 9.84. The summed E-state index contributed by atoms with van der Waals surface area (Å²) in [6, 6.07) is -3.95. The largest absolute Gasteiger partial charge is 0.471 e. The van der Waals surface area contributed by atoms with Gasteiger partial charge >= 0.3 is 63.9 Å². The quantitative estimate of drug-likeness (QED) is 0.244. The first-order chi connectivity index (χ1) is 13.7. The molecule has 0 aliphatic carbocycles. The molecule has 32 heavy (non-hydrogen) atoms. The van der Waals surface area contributed by atoms with Crippen molar-refractivity contribution >= 4 is 10.1 Å². The predicted octanol–water partition coefficient (Wildman–Crippen LogP) is 5.94. The van der Waals surface area contributed by atoms with Crippen LogP contribution in [0.1, 0.15) is 0 Å². The molecule has 0 saturated carbocycles. The predicted molar refractivity (Wildman–Crippen MR) is 60.3 cm³/mol. The van der Waals surface area contributed by atoms with Crippen LogP contribution in [0, 0.1) is 0 Å². The smallest absolute Gasteiger partial charge is 0.398 e. The van der Waals surface area contributed by atoms with Crippen molar-refractivity contribution in [1.29, 1.82) is 0 Å². The summed E-state index contributed by atoms with van der Waals surface area (Å²) in [5.74, 6) is -7.51. The standard InChI is InChI=1S/C7HF13O5S.C2F4/c8-1(9)2(10)24-5(15,16)3(11,4(12,13)14)25-6(17,18)7(19,20)26(21,22)23;3-1(4)2(5)6/h(H,21,22,23);. The van der Waals surface area contributed by atoms with E-state index >= 15 is 0 Å². The molecule has 5 nitrogen and oxygen atoms in total. The van der Waals surface area contributed by atoms with E-state index in [1.165, 1.54) is 4.74 Å². The molecular weight excluding hydrogens is 543 g/mol.